The number of fused-ring (bicyclic) bond motifs is 2. The van der Waals surface area contributed by atoms with Crippen LogP contribution in [0, 0.1) is 0 Å². The molecule has 0 saturated carbocycles. The number of benzene rings is 2. The highest BCUT2D eigenvalue weighted by atomic mass is 19.4. The van der Waals surface area contributed by atoms with E-state index >= 15 is 0 Å². The molecule has 1 fully saturated rings. The number of likely N-dealkylation sites (tertiary alicyclic amines) is 1. The van der Waals surface area contributed by atoms with Crippen molar-refractivity contribution in [2.24, 2.45) is 7.05 Å². The van der Waals surface area contributed by atoms with Crippen LogP contribution in [0.4, 0.5) is 26.3 Å². The summed E-state index contributed by atoms with van der Waals surface area (Å²) in [5.74, 6) is -4.70. The van der Waals surface area contributed by atoms with E-state index in [1.54, 1.807) is 16.7 Å². The van der Waals surface area contributed by atoms with Gasteiger partial charge in [-0.05, 0) is 43.7 Å². The molecule has 0 bridgehead atoms. The summed E-state index contributed by atoms with van der Waals surface area (Å²) in [6.45, 7) is 1.84. The number of alkyl halides is 6. The van der Waals surface area contributed by atoms with Crippen molar-refractivity contribution in [3.05, 3.63) is 54.1 Å². The third-order valence-corrected chi connectivity index (χ3v) is 7.41. The lowest BCUT2D eigenvalue weighted by Gasteiger charge is -2.38. The summed E-state index contributed by atoms with van der Waals surface area (Å²) in [5, 5.41) is 4.44. The number of nitrogens with zero attached hydrogens (tertiary/aromatic N) is 4. The zero-order valence-corrected chi connectivity index (χ0v) is 22.9. The lowest BCUT2D eigenvalue weighted by atomic mass is 9.99. The Kier molecular flexibility index (Phi) is 7.60. The Hall–Kier alpha value is -4.56. The Bertz CT molecular complexity index is 1690. The first-order chi connectivity index (χ1) is 20.2. The second-order valence-corrected chi connectivity index (χ2v) is 10.3. The van der Waals surface area contributed by atoms with Gasteiger partial charge in [-0.25, -0.2) is 4.98 Å². The van der Waals surface area contributed by atoms with Gasteiger partial charge in [0.15, 0.2) is 5.82 Å². The van der Waals surface area contributed by atoms with E-state index in [2.05, 4.69) is 4.57 Å². The second kappa shape index (κ2) is 10.9. The van der Waals surface area contributed by atoms with Gasteiger partial charge < -0.3 is 24.7 Å². The van der Waals surface area contributed by atoms with E-state index in [4.69, 9.17) is 4.98 Å². The van der Waals surface area contributed by atoms with Crippen molar-refractivity contribution >= 4 is 39.7 Å². The minimum atomic E-state index is -5.25. The summed E-state index contributed by atoms with van der Waals surface area (Å²) in [6, 6.07) is 11.7. The first-order valence-corrected chi connectivity index (χ1v) is 13.3. The highest BCUT2D eigenvalue weighted by Gasteiger charge is 2.44. The number of carbonyl (C=O) groups excluding carboxylic acids is 3. The molecule has 0 radical (unpaired) electrons. The van der Waals surface area contributed by atoms with Crippen LogP contribution in [0.3, 0.4) is 0 Å². The van der Waals surface area contributed by atoms with Gasteiger partial charge in [-0.2, -0.15) is 26.3 Å². The van der Waals surface area contributed by atoms with Gasteiger partial charge in [0.1, 0.15) is 0 Å². The standard InChI is InChI=1S/C28H26F6N6O3/c1-3-40-20-7-5-4-6-15(20)11-22(40)23-37-19-10-16(8-9-21(19)38(23)2)24(41)39-13-17(35-25(42)27(29,30)31)12-18(14-39)36-26(43)28(32,33)34/h4-11,17-18H,3,12-14H2,1-2H3,(H,35,42)(H,36,43). The molecular formula is C28H26F6N6O3. The van der Waals surface area contributed by atoms with Gasteiger partial charge >= 0.3 is 24.2 Å². The summed E-state index contributed by atoms with van der Waals surface area (Å²) in [4.78, 5) is 42.3. The molecule has 2 unspecified atom stereocenters. The number of imidazole rings is 1. The molecule has 3 heterocycles. The fraction of sp³-hybridized carbons (Fsp3) is 0.357. The largest absolute Gasteiger partial charge is 0.471 e. The smallest absolute Gasteiger partial charge is 0.344 e. The van der Waals surface area contributed by atoms with E-state index in [0.717, 1.165) is 21.5 Å². The normalized spacial score (nSPS) is 17.8. The van der Waals surface area contributed by atoms with Crippen LogP contribution >= 0.6 is 0 Å². The van der Waals surface area contributed by atoms with Crippen molar-refractivity contribution in [3.8, 4) is 11.5 Å². The molecule has 0 spiro atoms. The predicted molar refractivity (Wildman–Crippen MR) is 144 cm³/mol. The van der Waals surface area contributed by atoms with E-state index in [1.807, 2.05) is 48.9 Å². The number of halogens is 6. The maximum absolute atomic E-state index is 13.5. The Labute approximate surface area is 240 Å². The van der Waals surface area contributed by atoms with Crippen LogP contribution in [-0.4, -0.2) is 74.3 Å². The minimum absolute atomic E-state index is 0.0804. The molecule has 15 heteroatoms. The van der Waals surface area contributed by atoms with Crippen molar-refractivity contribution in [1.82, 2.24) is 29.7 Å². The van der Waals surface area contributed by atoms with Gasteiger partial charge in [-0.1, -0.05) is 18.2 Å². The molecule has 1 aliphatic heterocycles. The monoisotopic (exact) mass is 608 g/mol. The summed E-state index contributed by atoms with van der Waals surface area (Å²) in [6.07, 6.45) is -10.9. The van der Waals surface area contributed by atoms with E-state index < -0.39 is 61.7 Å². The first kappa shape index (κ1) is 29.9. The van der Waals surface area contributed by atoms with Gasteiger partial charge in [0.2, 0.25) is 0 Å². The molecule has 1 saturated heterocycles. The number of carbonyl (C=O) groups is 3. The Morgan fingerprint density at radius 2 is 1.49 bits per heavy atom. The highest BCUT2D eigenvalue weighted by molar-refractivity contribution is 5.98. The van der Waals surface area contributed by atoms with Crippen molar-refractivity contribution in [3.63, 3.8) is 0 Å². The molecule has 2 atom stereocenters. The summed E-state index contributed by atoms with van der Waals surface area (Å²) in [5.41, 5.74) is 3.07. The summed E-state index contributed by atoms with van der Waals surface area (Å²) < 4.78 is 81.2. The predicted octanol–water partition coefficient (Wildman–Crippen LogP) is 4.16. The number of para-hydroxylation sites is 1. The molecule has 2 aromatic heterocycles. The fourth-order valence-corrected chi connectivity index (χ4v) is 5.49. The number of rotatable bonds is 5. The zero-order chi connectivity index (χ0) is 31.3. The van der Waals surface area contributed by atoms with Gasteiger partial charge in [0, 0.05) is 55.2 Å². The summed E-state index contributed by atoms with van der Waals surface area (Å²) >= 11 is 0. The van der Waals surface area contributed by atoms with Crippen molar-refractivity contribution in [2.75, 3.05) is 13.1 Å². The van der Waals surface area contributed by atoms with Crippen LogP contribution in [0.15, 0.2) is 48.5 Å². The SMILES string of the molecule is CCn1c(-c2nc3cc(C(=O)N4CC(NC(=O)C(F)(F)F)CC(NC(=O)C(F)(F)F)C4)ccc3n2C)cc2ccccc21. The first-order valence-electron chi connectivity index (χ1n) is 13.3. The molecule has 2 N–H and O–H groups in total. The molecular weight excluding hydrogens is 582 g/mol. The molecule has 4 aromatic rings. The van der Waals surface area contributed by atoms with Crippen molar-refractivity contribution < 1.29 is 40.7 Å². The van der Waals surface area contributed by atoms with Gasteiger partial charge in [0.05, 0.1) is 16.7 Å². The fourth-order valence-electron chi connectivity index (χ4n) is 5.49. The average molecular weight is 609 g/mol. The molecule has 2 aromatic carbocycles. The zero-order valence-electron chi connectivity index (χ0n) is 22.9. The number of hydrogen-bond donors (Lipinski definition) is 2. The van der Waals surface area contributed by atoms with E-state index in [-0.39, 0.29) is 5.56 Å². The van der Waals surface area contributed by atoms with Gasteiger partial charge in [-0.3, -0.25) is 14.4 Å². The van der Waals surface area contributed by atoms with Crippen LogP contribution in [0.1, 0.15) is 23.7 Å². The average Bonchev–Trinajstić information content (AvgIpc) is 3.48. The highest BCUT2D eigenvalue weighted by Crippen LogP contribution is 2.30. The van der Waals surface area contributed by atoms with Crippen LogP contribution in [0.5, 0.6) is 0 Å². The van der Waals surface area contributed by atoms with Gasteiger partial charge in [-0.15, -0.1) is 0 Å². The number of hydrogen-bond acceptors (Lipinski definition) is 4. The van der Waals surface area contributed by atoms with E-state index in [0.29, 0.717) is 23.4 Å². The maximum atomic E-state index is 13.5. The second-order valence-electron chi connectivity index (χ2n) is 10.3. The Morgan fingerprint density at radius 3 is 2.07 bits per heavy atom. The number of aromatic nitrogens is 3. The minimum Gasteiger partial charge on any atom is -0.344 e. The quantitative estimate of drug-likeness (QED) is 0.333. The number of piperidine rings is 1. The van der Waals surface area contributed by atoms with Crippen LogP contribution in [0.25, 0.3) is 33.5 Å². The van der Waals surface area contributed by atoms with Crippen LogP contribution in [0.2, 0.25) is 0 Å². The Balaban J connectivity index is 1.45. The maximum Gasteiger partial charge on any atom is 0.471 e. The molecule has 1 aliphatic rings. The molecule has 43 heavy (non-hydrogen) atoms. The summed E-state index contributed by atoms with van der Waals surface area (Å²) in [7, 11) is 1.82. The van der Waals surface area contributed by atoms with E-state index in [1.165, 1.54) is 12.1 Å². The molecule has 0 aliphatic carbocycles. The number of nitrogens with one attached hydrogen (secondary N) is 2. The van der Waals surface area contributed by atoms with Crippen molar-refractivity contribution in [2.45, 2.75) is 44.3 Å². The lowest BCUT2D eigenvalue weighted by molar-refractivity contribution is -0.176. The van der Waals surface area contributed by atoms with Crippen LogP contribution in [-0.2, 0) is 23.2 Å². The molecule has 5 rings (SSSR count). The molecule has 228 valence electrons. The van der Waals surface area contributed by atoms with E-state index in [9.17, 15) is 40.7 Å². The number of amides is 3. The van der Waals surface area contributed by atoms with Crippen LogP contribution < -0.4 is 10.6 Å². The van der Waals surface area contributed by atoms with Gasteiger partial charge in [0.25, 0.3) is 5.91 Å². The number of aryl methyl sites for hydroxylation is 2. The third kappa shape index (κ3) is 5.88. The Morgan fingerprint density at radius 1 is 0.884 bits per heavy atom. The molecule has 9 nitrogen and oxygen atoms in total. The lowest BCUT2D eigenvalue weighted by Crippen LogP contribution is -2.60. The third-order valence-electron chi connectivity index (χ3n) is 7.41. The topological polar surface area (TPSA) is 101 Å². The molecule has 3 amide bonds. The van der Waals surface area contributed by atoms with Crippen molar-refractivity contribution in [1.29, 1.82) is 0 Å².